The molecule has 0 bridgehead atoms. The van der Waals surface area contributed by atoms with Crippen molar-refractivity contribution in [1.29, 1.82) is 0 Å². The molecular weight excluding hydrogens is 429 g/mol. The zero-order valence-corrected chi connectivity index (χ0v) is 17.6. The number of nitrogens with zero attached hydrogens (tertiary/aromatic N) is 2. The van der Waals surface area contributed by atoms with Gasteiger partial charge in [0.1, 0.15) is 16.5 Å². The van der Waals surface area contributed by atoms with E-state index in [0.717, 1.165) is 0 Å². The number of aryl methyl sites for hydroxylation is 1. The fraction of sp³-hybridized carbons (Fsp3) is 0.100. The van der Waals surface area contributed by atoms with E-state index < -0.39 is 10.0 Å². The van der Waals surface area contributed by atoms with Gasteiger partial charge in [0, 0.05) is 16.1 Å². The summed E-state index contributed by atoms with van der Waals surface area (Å²) in [7, 11) is -2.28. The molecule has 0 amide bonds. The molecule has 4 aromatic rings. The number of nitrogens with one attached hydrogen (secondary N) is 1. The number of hydrogen-bond donors (Lipinski definition) is 1. The van der Waals surface area contributed by atoms with E-state index in [0.29, 0.717) is 26.8 Å². The Morgan fingerprint density at radius 2 is 1.80 bits per heavy atom. The standard InChI is InChI=1S/C20H16FN3O4S2/c1-12-18(30(25,26)24-15-7-9-16(27-2)10-8-15)11-17(29-12)20-22-19(23-28-20)13-3-5-14(21)6-4-13/h3-11,24H,1-2H3. The van der Waals surface area contributed by atoms with Crippen molar-refractivity contribution < 1.29 is 22.1 Å². The Hall–Kier alpha value is -3.24. The Bertz CT molecular complexity index is 1280. The van der Waals surface area contributed by atoms with Crippen molar-refractivity contribution in [3.63, 3.8) is 0 Å². The van der Waals surface area contributed by atoms with Crippen LogP contribution in [0.25, 0.3) is 22.2 Å². The third-order valence-corrected chi connectivity index (χ3v) is 6.92. The number of aromatic nitrogens is 2. The molecule has 7 nitrogen and oxygen atoms in total. The van der Waals surface area contributed by atoms with Gasteiger partial charge in [-0.15, -0.1) is 11.3 Å². The average molecular weight is 445 g/mol. The first kappa shape index (κ1) is 20.0. The number of anilines is 1. The Morgan fingerprint density at radius 1 is 1.10 bits per heavy atom. The minimum Gasteiger partial charge on any atom is -0.497 e. The summed E-state index contributed by atoms with van der Waals surface area (Å²) in [5.41, 5.74) is 1.01. The number of halogens is 1. The largest absolute Gasteiger partial charge is 0.497 e. The summed E-state index contributed by atoms with van der Waals surface area (Å²) in [5.74, 6) is 0.737. The molecule has 2 heterocycles. The minimum atomic E-state index is -3.81. The number of hydrogen-bond acceptors (Lipinski definition) is 7. The quantitative estimate of drug-likeness (QED) is 0.461. The van der Waals surface area contributed by atoms with E-state index >= 15 is 0 Å². The second-order valence-electron chi connectivity index (χ2n) is 6.30. The highest BCUT2D eigenvalue weighted by atomic mass is 32.2. The third-order valence-electron chi connectivity index (χ3n) is 4.24. The fourth-order valence-corrected chi connectivity index (χ4v) is 5.32. The second kappa shape index (κ2) is 7.88. The van der Waals surface area contributed by atoms with Gasteiger partial charge in [0.2, 0.25) is 5.82 Å². The van der Waals surface area contributed by atoms with Crippen LogP contribution in [0.3, 0.4) is 0 Å². The summed E-state index contributed by atoms with van der Waals surface area (Å²) < 4.78 is 51.7. The first-order chi connectivity index (χ1) is 14.4. The third kappa shape index (κ3) is 4.05. The van der Waals surface area contributed by atoms with Crippen molar-refractivity contribution in [3.8, 4) is 27.9 Å². The van der Waals surface area contributed by atoms with Gasteiger partial charge in [-0.3, -0.25) is 4.72 Å². The molecule has 0 saturated heterocycles. The molecule has 0 aliphatic carbocycles. The highest BCUT2D eigenvalue weighted by Crippen LogP contribution is 2.34. The van der Waals surface area contributed by atoms with Crippen molar-refractivity contribution in [1.82, 2.24) is 10.1 Å². The lowest BCUT2D eigenvalue weighted by atomic mass is 10.2. The maximum atomic E-state index is 13.1. The van der Waals surface area contributed by atoms with Crippen LogP contribution < -0.4 is 9.46 Å². The van der Waals surface area contributed by atoms with Crippen LogP contribution in [0, 0.1) is 12.7 Å². The summed E-state index contributed by atoms with van der Waals surface area (Å²) in [6, 6.07) is 13.7. The number of benzene rings is 2. The first-order valence-electron chi connectivity index (χ1n) is 8.73. The molecule has 0 radical (unpaired) electrons. The number of sulfonamides is 1. The van der Waals surface area contributed by atoms with Crippen molar-refractivity contribution in [3.05, 3.63) is 65.3 Å². The summed E-state index contributed by atoms with van der Waals surface area (Å²) >= 11 is 1.23. The number of ether oxygens (including phenoxy) is 1. The lowest BCUT2D eigenvalue weighted by Crippen LogP contribution is -2.13. The van der Waals surface area contributed by atoms with Crippen LogP contribution in [0.1, 0.15) is 4.88 Å². The molecule has 0 unspecified atom stereocenters. The van der Waals surface area contributed by atoms with E-state index in [9.17, 15) is 12.8 Å². The van der Waals surface area contributed by atoms with Crippen molar-refractivity contribution in [2.75, 3.05) is 11.8 Å². The second-order valence-corrected chi connectivity index (χ2v) is 9.20. The highest BCUT2D eigenvalue weighted by molar-refractivity contribution is 7.93. The van der Waals surface area contributed by atoms with Gasteiger partial charge in [-0.1, -0.05) is 5.16 Å². The Morgan fingerprint density at radius 3 is 2.47 bits per heavy atom. The van der Waals surface area contributed by atoms with Crippen molar-refractivity contribution >= 4 is 27.0 Å². The van der Waals surface area contributed by atoms with E-state index in [-0.39, 0.29) is 22.4 Å². The smallest absolute Gasteiger partial charge is 0.268 e. The van der Waals surface area contributed by atoms with Gasteiger partial charge >= 0.3 is 0 Å². The number of thiophene rings is 1. The SMILES string of the molecule is COc1ccc(NS(=O)(=O)c2cc(-c3nc(-c4ccc(F)cc4)no3)sc2C)cc1. The summed E-state index contributed by atoms with van der Waals surface area (Å²) in [4.78, 5) is 5.52. The van der Waals surface area contributed by atoms with Crippen LogP contribution in [0.5, 0.6) is 5.75 Å². The molecule has 2 aromatic heterocycles. The van der Waals surface area contributed by atoms with Crippen LogP contribution in [0.15, 0.2) is 64.0 Å². The van der Waals surface area contributed by atoms with Gasteiger partial charge in [0.25, 0.3) is 15.9 Å². The summed E-state index contributed by atoms with van der Waals surface area (Å²) in [6.45, 7) is 1.70. The van der Waals surface area contributed by atoms with Crippen LogP contribution in [0.4, 0.5) is 10.1 Å². The van der Waals surface area contributed by atoms with Gasteiger partial charge in [0.05, 0.1) is 12.0 Å². The van der Waals surface area contributed by atoms with Crippen LogP contribution in [0.2, 0.25) is 0 Å². The molecule has 154 valence electrons. The Balaban J connectivity index is 1.60. The summed E-state index contributed by atoms with van der Waals surface area (Å²) in [6.07, 6.45) is 0. The van der Waals surface area contributed by atoms with Crippen molar-refractivity contribution in [2.24, 2.45) is 0 Å². The van der Waals surface area contributed by atoms with Gasteiger partial charge < -0.3 is 9.26 Å². The van der Waals surface area contributed by atoms with Crippen LogP contribution in [-0.4, -0.2) is 25.7 Å². The lowest BCUT2D eigenvalue weighted by molar-refractivity contribution is 0.415. The molecule has 0 aliphatic heterocycles. The van der Waals surface area contributed by atoms with Gasteiger partial charge in [-0.25, -0.2) is 12.8 Å². The van der Waals surface area contributed by atoms with E-state index in [1.54, 1.807) is 31.2 Å². The van der Waals surface area contributed by atoms with Crippen molar-refractivity contribution in [2.45, 2.75) is 11.8 Å². The molecule has 0 spiro atoms. The Kier molecular flexibility index (Phi) is 5.27. The maximum absolute atomic E-state index is 13.1. The molecule has 0 aliphatic rings. The van der Waals surface area contributed by atoms with E-state index in [1.165, 1.54) is 48.8 Å². The maximum Gasteiger partial charge on any atom is 0.268 e. The number of rotatable bonds is 6. The first-order valence-corrected chi connectivity index (χ1v) is 11.0. The number of methoxy groups -OCH3 is 1. The van der Waals surface area contributed by atoms with E-state index in [2.05, 4.69) is 14.9 Å². The summed E-state index contributed by atoms with van der Waals surface area (Å²) in [5, 5.41) is 3.90. The van der Waals surface area contributed by atoms with Crippen LogP contribution >= 0.6 is 11.3 Å². The highest BCUT2D eigenvalue weighted by Gasteiger charge is 2.23. The van der Waals surface area contributed by atoms with Gasteiger partial charge in [0.15, 0.2) is 0 Å². The molecule has 0 saturated carbocycles. The topological polar surface area (TPSA) is 94.3 Å². The zero-order valence-electron chi connectivity index (χ0n) is 15.9. The molecular formula is C20H16FN3O4S2. The monoisotopic (exact) mass is 445 g/mol. The predicted molar refractivity (Wildman–Crippen MR) is 112 cm³/mol. The molecule has 10 heteroatoms. The normalized spacial score (nSPS) is 11.4. The molecule has 1 N–H and O–H groups in total. The Labute approximate surface area is 176 Å². The fourth-order valence-electron chi connectivity index (χ4n) is 2.75. The van der Waals surface area contributed by atoms with E-state index in [1.807, 2.05) is 0 Å². The lowest BCUT2D eigenvalue weighted by Gasteiger charge is -2.08. The average Bonchev–Trinajstić information content (AvgIpc) is 3.36. The van der Waals surface area contributed by atoms with Gasteiger partial charge in [-0.05, 0) is 61.5 Å². The molecule has 0 fully saturated rings. The minimum absolute atomic E-state index is 0.125. The molecule has 2 aromatic carbocycles. The molecule has 4 rings (SSSR count). The van der Waals surface area contributed by atoms with E-state index in [4.69, 9.17) is 9.26 Å². The molecule has 30 heavy (non-hydrogen) atoms. The predicted octanol–water partition coefficient (Wildman–Crippen LogP) is 4.72. The van der Waals surface area contributed by atoms with Crippen LogP contribution in [-0.2, 0) is 10.0 Å². The zero-order chi connectivity index (χ0) is 21.3. The molecule has 0 atom stereocenters. The van der Waals surface area contributed by atoms with Gasteiger partial charge in [-0.2, -0.15) is 4.98 Å².